The van der Waals surface area contributed by atoms with Gasteiger partial charge in [-0.05, 0) is 84.6 Å². The second-order valence-corrected chi connectivity index (χ2v) is 8.02. The summed E-state index contributed by atoms with van der Waals surface area (Å²) >= 11 is 0. The van der Waals surface area contributed by atoms with Crippen molar-refractivity contribution in [1.82, 2.24) is 5.32 Å². The molecule has 0 saturated carbocycles. The van der Waals surface area contributed by atoms with Crippen LogP contribution in [0.4, 0.5) is 5.69 Å². The van der Waals surface area contributed by atoms with Crippen LogP contribution in [0.3, 0.4) is 0 Å². The zero-order chi connectivity index (χ0) is 19.8. The smallest absolute Gasteiger partial charge is 0.122 e. The average molecular weight is 386 g/mol. The first-order valence-corrected chi connectivity index (χ1v) is 10.3. The van der Waals surface area contributed by atoms with Gasteiger partial charge in [-0.2, -0.15) is 0 Å². The fourth-order valence-electron chi connectivity index (χ4n) is 4.37. The third kappa shape index (κ3) is 3.66. The van der Waals surface area contributed by atoms with E-state index in [1.54, 1.807) is 0 Å². The molecular weight excluding hydrogens is 360 g/mol. The van der Waals surface area contributed by atoms with Gasteiger partial charge < -0.3 is 21.1 Å². The number of nitrogens with two attached hydrogens (primary N) is 1. The van der Waals surface area contributed by atoms with E-state index < -0.39 is 0 Å². The Bertz CT molecular complexity index is 1070. The highest BCUT2D eigenvalue weighted by Gasteiger charge is 2.23. The van der Waals surface area contributed by atoms with E-state index in [0.717, 1.165) is 54.4 Å². The van der Waals surface area contributed by atoms with Crippen LogP contribution in [0.15, 0.2) is 54.6 Å². The maximum Gasteiger partial charge on any atom is 0.122 e. The fourth-order valence-corrected chi connectivity index (χ4v) is 4.37. The lowest BCUT2D eigenvalue weighted by molar-refractivity contribution is 0.162. The minimum atomic E-state index is 0.102. The Morgan fingerprint density at radius 2 is 1.79 bits per heavy atom. The Kier molecular flexibility index (Phi) is 4.60. The van der Waals surface area contributed by atoms with Crippen LogP contribution >= 0.6 is 0 Å². The number of rotatable bonds is 4. The number of nitrogen functional groups attached to an aromatic ring is 1. The molecule has 2 heterocycles. The molecule has 5 N–H and O–H groups in total. The molecule has 0 spiro atoms. The molecule has 1 saturated heterocycles. The Morgan fingerprint density at radius 1 is 0.966 bits per heavy atom. The molecule has 0 radical (unpaired) electrons. The predicted molar refractivity (Wildman–Crippen MR) is 118 cm³/mol. The summed E-state index contributed by atoms with van der Waals surface area (Å²) in [5.41, 5.74) is 10.2. The van der Waals surface area contributed by atoms with Gasteiger partial charge in [0.25, 0.3) is 0 Å². The lowest BCUT2D eigenvalue weighted by atomic mass is 9.98. The maximum absolute atomic E-state index is 7.68. The van der Waals surface area contributed by atoms with E-state index in [0.29, 0.717) is 6.10 Å². The Morgan fingerprint density at radius 3 is 2.62 bits per heavy atom. The van der Waals surface area contributed by atoms with Crippen LogP contribution in [0, 0.1) is 5.41 Å². The van der Waals surface area contributed by atoms with Gasteiger partial charge in [0.15, 0.2) is 0 Å². The highest BCUT2D eigenvalue weighted by molar-refractivity contribution is 5.99. The molecule has 0 aliphatic carbocycles. The summed E-state index contributed by atoms with van der Waals surface area (Å²) in [5, 5.41) is 17.0. The molecule has 0 aromatic heterocycles. The number of amidine groups is 1. The number of ether oxygens (including phenoxy) is 1. The largest absolute Gasteiger partial charge is 0.490 e. The van der Waals surface area contributed by atoms with E-state index in [-0.39, 0.29) is 11.9 Å². The van der Waals surface area contributed by atoms with Crippen LogP contribution in [-0.2, 0) is 6.42 Å². The predicted octanol–water partition coefficient (Wildman–Crippen LogP) is 3.96. The zero-order valence-electron chi connectivity index (χ0n) is 16.4. The Hall–Kier alpha value is -3.05. The molecule has 2 aliphatic rings. The van der Waals surface area contributed by atoms with Gasteiger partial charge in [-0.3, -0.25) is 5.41 Å². The molecule has 1 fully saturated rings. The number of fused-ring (bicyclic) bond motifs is 2. The van der Waals surface area contributed by atoms with Gasteiger partial charge in [0.1, 0.15) is 17.7 Å². The Labute approximate surface area is 170 Å². The highest BCUT2D eigenvalue weighted by atomic mass is 16.5. The number of anilines is 1. The number of piperidine rings is 1. The van der Waals surface area contributed by atoms with Crippen molar-refractivity contribution in [1.29, 1.82) is 5.41 Å². The van der Waals surface area contributed by atoms with Crippen molar-refractivity contribution in [3.05, 3.63) is 71.3 Å². The first-order chi connectivity index (χ1) is 14.2. The van der Waals surface area contributed by atoms with Crippen LogP contribution < -0.4 is 21.1 Å². The summed E-state index contributed by atoms with van der Waals surface area (Å²) in [4.78, 5) is 0. The van der Waals surface area contributed by atoms with Crippen molar-refractivity contribution in [2.45, 2.75) is 31.4 Å². The summed E-state index contributed by atoms with van der Waals surface area (Å²) in [7, 11) is 0. The van der Waals surface area contributed by atoms with Gasteiger partial charge in [0.2, 0.25) is 0 Å². The van der Waals surface area contributed by atoms with E-state index in [2.05, 4.69) is 47.0 Å². The highest BCUT2D eigenvalue weighted by Crippen LogP contribution is 2.37. The van der Waals surface area contributed by atoms with E-state index in [1.165, 1.54) is 16.8 Å². The molecule has 1 atom stereocenters. The molecule has 5 heteroatoms. The second kappa shape index (κ2) is 7.41. The molecule has 3 aromatic carbocycles. The van der Waals surface area contributed by atoms with Crippen molar-refractivity contribution in [3.63, 3.8) is 0 Å². The first-order valence-electron chi connectivity index (χ1n) is 10.3. The molecule has 2 aliphatic heterocycles. The van der Waals surface area contributed by atoms with Gasteiger partial charge >= 0.3 is 0 Å². The van der Waals surface area contributed by atoms with Gasteiger partial charge in [0, 0.05) is 11.3 Å². The van der Waals surface area contributed by atoms with E-state index in [1.807, 2.05) is 18.2 Å². The molecule has 29 heavy (non-hydrogen) atoms. The third-order valence-electron chi connectivity index (χ3n) is 6.00. The number of hydrogen-bond donors (Lipinski definition) is 4. The third-order valence-corrected chi connectivity index (χ3v) is 6.00. The molecule has 3 aromatic rings. The van der Waals surface area contributed by atoms with Gasteiger partial charge in [-0.15, -0.1) is 0 Å². The average Bonchev–Trinajstić information content (AvgIpc) is 3.17. The number of hydrogen-bond acceptors (Lipinski definition) is 4. The Balaban J connectivity index is 1.36. The second-order valence-electron chi connectivity index (χ2n) is 8.02. The molecule has 1 unspecified atom stereocenters. The van der Waals surface area contributed by atoms with Gasteiger partial charge in [-0.1, -0.05) is 24.3 Å². The first kappa shape index (κ1) is 18.0. The van der Waals surface area contributed by atoms with Crippen molar-refractivity contribution in [2.24, 2.45) is 5.73 Å². The van der Waals surface area contributed by atoms with Crippen LogP contribution in [0.1, 0.15) is 35.6 Å². The topological polar surface area (TPSA) is 83.2 Å². The minimum absolute atomic E-state index is 0.102. The monoisotopic (exact) mass is 386 g/mol. The van der Waals surface area contributed by atoms with E-state index in [4.69, 9.17) is 15.9 Å². The van der Waals surface area contributed by atoms with E-state index in [9.17, 15) is 0 Å². The van der Waals surface area contributed by atoms with Gasteiger partial charge in [-0.25, -0.2) is 0 Å². The molecule has 5 rings (SSSR count). The van der Waals surface area contributed by atoms with Crippen LogP contribution in [0.25, 0.3) is 10.8 Å². The van der Waals surface area contributed by atoms with Crippen molar-refractivity contribution in [3.8, 4) is 5.75 Å². The van der Waals surface area contributed by atoms with Crippen LogP contribution in [-0.4, -0.2) is 25.0 Å². The lowest BCUT2D eigenvalue weighted by Gasteiger charge is -2.24. The summed E-state index contributed by atoms with van der Waals surface area (Å²) in [6, 6.07) is 19.1. The molecule has 0 amide bonds. The summed E-state index contributed by atoms with van der Waals surface area (Å²) in [6.45, 7) is 2.07. The van der Waals surface area contributed by atoms with Gasteiger partial charge in [0.05, 0.1) is 6.04 Å². The lowest BCUT2D eigenvalue weighted by Crippen LogP contribution is -2.34. The fraction of sp³-hybridized carbons (Fsp3) is 0.292. The normalized spacial score (nSPS) is 19.0. The van der Waals surface area contributed by atoms with Crippen molar-refractivity contribution in [2.75, 3.05) is 18.4 Å². The maximum atomic E-state index is 7.68. The SMILES string of the molecule is N=C(N)c1ccc2ccc(C3Cc4cc(OC5CCNCC5)ccc4N3)cc2c1. The number of benzene rings is 3. The molecule has 5 nitrogen and oxygen atoms in total. The number of nitrogens with one attached hydrogen (secondary N) is 3. The molecular formula is C24H26N4O. The summed E-state index contributed by atoms with van der Waals surface area (Å²) < 4.78 is 6.22. The van der Waals surface area contributed by atoms with Crippen LogP contribution in [0.5, 0.6) is 5.75 Å². The zero-order valence-corrected chi connectivity index (χ0v) is 16.4. The molecule has 0 bridgehead atoms. The molecule has 148 valence electrons. The summed E-state index contributed by atoms with van der Waals surface area (Å²) in [5.74, 6) is 1.08. The summed E-state index contributed by atoms with van der Waals surface area (Å²) in [6.07, 6.45) is 3.39. The van der Waals surface area contributed by atoms with Crippen molar-refractivity contribution >= 4 is 22.3 Å². The standard InChI is InChI=1S/C24H26N4O/c25-24(26)17-4-2-15-1-3-16(11-18(15)12-17)23-14-19-13-21(5-6-22(19)28-23)29-20-7-9-27-10-8-20/h1-6,11-13,20,23,27-28H,7-10,14H2,(H3,25,26). The van der Waals surface area contributed by atoms with Crippen LogP contribution in [0.2, 0.25) is 0 Å². The quantitative estimate of drug-likeness (QED) is 0.404. The van der Waals surface area contributed by atoms with E-state index >= 15 is 0 Å². The van der Waals surface area contributed by atoms with Crippen molar-refractivity contribution < 1.29 is 4.74 Å². The minimum Gasteiger partial charge on any atom is -0.490 e.